The Morgan fingerprint density at radius 3 is 2.41 bits per heavy atom. The standard InChI is InChI=1S/C22H22N2O4S/c1-17-7-9-18(10-8-17)15-23-22(25)14-13-19-11-12-20(28-19)16-24-29(26,27)21-5-3-2-4-6-21/h2-14,24H,15-16H2,1H3,(H,23,25)/b14-13+. The molecule has 0 aliphatic carbocycles. The van der Waals surface area contributed by atoms with E-state index in [1.807, 2.05) is 31.2 Å². The van der Waals surface area contributed by atoms with Crippen LogP contribution in [-0.2, 0) is 27.9 Å². The van der Waals surface area contributed by atoms with Crippen LogP contribution in [0.3, 0.4) is 0 Å². The summed E-state index contributed by atoms with van der Waals surface area (Å²) in [5, 5.41) is 2.80. The van der Waals surface area contributed by atoms with Gasteiger partial charge >= 0.3 is 0 Å². The van der Waals surface area contributed by atoms with Gasteiger partial charge in [-0.1, -0.05) is 48.0 Å². The van der Waals surface area contributed by atoms with Gasteiger partial charge in [0.1, 0.15) is 11.5 Å². The molecule has 2 N–H and O–H groups in total. The van der Waals surface area contributed by atoms with Crippen molar-refractivity contribution in [1.29, 1.82) is 0 Å². The van der Waals surface area contributed by atoms with Crippen molar-refractivity contribution >= 4 is 22.0 Å². The van der Waals surface area contributed by atoms with E-state index in [1.165, 1.54) is 23.8 Å². The number of rotatable bonds is 8. The van der Waals surface area contributed by atoms with Crippen molar-refractivity contribution in [3.63, 3.8) is 0 Å². The molecule has 2 aromatic carbocycles. The number of nitrogens with one attached hydrogen (secondary N) is 2. The molecule has 0 fully saturated rings. The number of hydrogen-bond acceptors (Lipinski definition) is 4. The van der Waals surface area contributed by atoms with Crippen molar-refractivity contribution in [2.45, 2.75) is 24.9 Å². The minimum atomic E-state index is -3.60. The number of sulfonamides is 1. The monoisotopic (exact) mass is 410 g/mol. The molecule has 0 saturated carbocycles. The lowest BCUT2D eigenvalue weighted by molar-refractivity contribution is -0.116. The van der Waals surface area contributed by atoms with Gasteiger partial charge in [0.2, 0.25) is 15.9 Å². The van der Waals surface area contributed by atoms with Crippen molar-refractivity contribution in [1.82, 2.24) is 10.0 Å². The SMILES string of the molecule is Cc1ccc(CNC(=O)/C=C/c2ccc(CNS(=O)(=O)c3ccccc3)o2)cc1. The first-order valence-electron chi connectivity index (χ1n) is 9.07. The normalized spacial score (nSPS) is 11.6. The molecule has 1 amide bonds. The third-order valence-corrected chi connectivity index (χ3v) is 5.58. The molecule has 0 spiro atoms. The molecule has 150 valence electrons. The van der Waals surface area contributed by atoms with Gasteiger partial charge in [-0.3, -0.25) is 4.79 Å². The third kappa shape index (κ3) is 6.17. The summed E-state index contributed by atoms with van der Waals surface area (Å²) < 4.78 is 32.5. The molecule has 6 nitrogen and oxygen atoms in total. The van der Waals surface area contributed by atoms with Crippen LogP contribution < -0.4 is 10.0 Å². The van der Waals surface area contributed by atoms with Crippen molar-refractivity contribution in [3.8, 4) is 0 Å². The fourth-order valence-electron chi connectivity index (χ4n) is 2.54. The molecule has 7 heteroatoms. The molecule has 29 heavy (non-hydrogen) atoms. The largest absolute Gasteiger partial charge is 0.460 e. The van der Waals surface area contributed by atoms with Gasteiger partial charge in [0.15, 0.2) is 0 Å². The Balaban J connectivity index is 1.50. The van der Waals surface area contributed by atoms with E-state index in [1.54, 1.807) is 36.4 Å². The smallest absolute Gasteiger partial charge is 0.244 e. The number of benzene rings is 2. The third-order valence-electron chi connectivity index (χ3n) is 4.16. The van der Waals surface area contributed by atoms with Crippen LogP contribution in [0.1, 0.15) is 22.6 Å². The average molecular weight is 410 g/mol. The Morgan fingerprint density at radius 1 is 0.966 bits per heavy atom. The van der Waals surface area contributed by atoms with Gasteiger partial charge in [0.05, 0.1) is 11.4 Å². The maximum atomic E-state index is 12.2. The Labute approximate surface area is 170 Å². The predicted molar refractivity (Wildman–Crippen MR) is 111 cm³/mol. The molecule has 0 saturated heterocycles. The second kappa shape index (κ2) is 9.36. The van der Waals surface area contributed by atoms with E-state index in [9.17, 15) is 13.2 Å². The first-order valence-corrected chi connectivity index (χ1v) is 10.6. The van der Waals surface area contributed by atoms with E-state index in [-0.39, 0.29) is 17.3 Å². The van der Waals surface area contributed by atoms with Crippen LogP contribution in [0.2, 0.25) is 0 Å². The highest BCUT2D eigenvalue weighted by atomic mass is 32.2. The summed E-state index contributed by atoms with van der Waals surface area (Å²) >= 11 is 0. The first-order chi connectivity index (χ1) is 13.9. The van der Waals surface area contributed by atoms with Crippen LogP contribution in [0, 0.1) is 6.92 Å². The molecule has 3 rings (SSSR count). The zero-order valence-corrected chi connectivity index (χ0v) is 16.8. The summed E-state index contributed by atoms with van der Waals surface area (Å²) in [6.07, 6.45) is 2.92. The molecule has 0 aliphatic heterocycles. The number of carbonyl (C=O) groups excluding carboxylic acids is 1. The fraction of sp³-hybridized carbons (Fsp3) is 0.136. The summed E-state index contributed by atoms with van der Waals surface area (Å²) in [5.74, 6) is 0.668. The van der Waals surface area contributed by atoms with Gasteiger partial charge in [-0.2, -0.15) is 0 Å². The molecule has 0 atom stereocenters. The lowest BCUT2D eigenvalue weighted by Crippen LogP contribution is -2.22. The summed E-state index contributed by atoms with van der Waals surface area (Å²) in [5.41, 5.74) is 2.18. The van der Waals surface area contributed by atoms with Crippen molar-refractivity contribution in [2.24, 2.45) is 0 Å². The molecule has 0 radical (unpaired) electrons. The molecular formula is C22H22N2O4S. The van der Waals surface area contributed by atoms with Crippen LogP contribution in [0.25, 0.3) is 6.08 Å². The van der Waals surface area contributed by atoms with E-state index in [2.05, 4.69) is 10.0 Å². The zero-order valence-electron chi connectivity index (χ0n) is 16.0. The molecular weight excluding hydrogens is 388 g/mol. The lowest BCUT2D eigenvalue weighted by atomic mass is 10.1. The maximum Gasteiger partial charge on any atom is 0.244 e. The van der Waals surface area contributed by atoms with Crippen LogP contribution in [0.4, 0.5) is 0 Å². The van der Waals surface area contributed by atoms with Gasteiger partial charge in [-0.05, 0) is 42.8 Å². The highest BCUT2D eigenvalue weighted by molar-refractivity contribution is 7.89. The Morgan fingerprint density at radius 2 is 1.69 bits per heavy atom. The zero-order chi connectivity index (χ0) is 20.7. The Kier molecular flexibility index (Phi) is 6.64. The lowest BCUT2D eigenvalue weighted by Gasteiger charge is -2.04. The molecule has 0 bridgehead atoms. The van der Waals surface area contributed by atoms with Crippen LogP contribution in [0.15, 0.2) is 82.1 Å². The summed E-state index contributed by atoms with van der Waals surface area (Å²) in [4.78, 5) is 12.1. The second-order valence-corrected chi connectivity index (χ2v) is 8.25. The van der Waals surface area contributed by atoms with E-state index < -0.39 is 10.0 Å². The van der Waals surface area contributed by atoms with E-state index in [0.29, 0.717) is 18.1 Å². The highest BCUT2D eigenvalue weighted by Gasteiger charge is 2.13. The van der Waals surface area contributed by atoms with Gasteiger partial charge in [0.25, 0.3) is 0 Å². The first kappa shape index (κ1) is 20.6. The molecule has 1 aromatic heterocycles. The molecule has 1 heterocycles. The quantitative estimate of drug-likeness (QED) is 0.557. The van der Waals surface area contributed by atoms with Gasteiger partial charge in [-0.15, -0.1) is 0 Å². The minimum Gasteiger partial charge on any atom is -0.460 e. The van der Waals surface area contributed by atoms with Crippen molar-refractivity contribution in [3.05, 3.63) is 95.5 Å². The highest BCUT2D eigenvalue weighted by Crippen LogP contribution is 2.12. The van der Waals surface area contributed by atoms with Gasteiger partial charge in [-0.25, -0.2) is 13.1 Å². The van der Waals surface area contributed by atoms with Crippen LogP contribution >= 0.6 is 0 Å². The van der Waals surface area contributed by atoms with Gasteiger partial charge < -0.3 is 9.73 Å². The Hall–Kier alpha value is -3.16. The van der Waals surface area contributed by atoms with Crippen molar-refractivity contribution in [2.75, 3.05) is 0 Å². The van der Waals surface area contributed by atoms with Crippen LogP contribution in [-0.4, -0.2) is 14.3 Å². The molecule has 0 aliphatic rings. The summed E-state index contributed by atoms with van der Waals surface area (Å²) in [6, 6.07) is 19.4. The van der Waals surface area contributed by atoms with E-state index >= 15 is 0 Å². The molecule has 0 unspecified atom stereocenters. The summed E-state index contributed by atoms with van der Waals surface area (Å²) in [6.45, 7) is 2.47. The van der Waals surface area contributed by atoms with Gasteiger partial charge in [0, 0.05) is 12.6 Å². The fourth-order valence-corrected chi connectivity index (χ4v) is 3.55. The number of amides is 1. The van der Waals surface area contributed by atoms with E-state index in [0.717, 1.165) is 5.56 Å². The number of aryl methyl sites for hydroxylation is 1. The van der Waals surface area contributed by atoms with Crippen molar-refractivity contribution < 1.29 is 17.6 Å². The average Bonchev–Trinajstić information content (AvgIpc) is 3.19. The second-order valence-electron chi connectivity index (χ2n) is 6.48. The Bertz CT molecular complexity index is 1090. The predicted octanol–water partition coefficient (Wildman–Crippen LogP) is 3.40. The number of hydrogen-bond donors (Lipinski definition) is 2. The summed E-state index contributed by atoms with van der Waals surface area (Å²) in [7, 11) is -3.60. The maximum absolute atomic E-state index is 12.2. The van der Waals surface area contributed by atoms with E-state index in [4.69, 9.17) is 4.42 Å². The minimum absolute atomic E-state index is 0.0185. The topological polar surface area (TPSA) is 88.4 Å². The number of furan rings is 1. The van der Waals surface area contributed by atoms with Crippen LogP contribution in [0.5, 0.6) is 0 Å². The molecule has 3 aromatic rings. The number of carbonyl (C=O) groups is 1.